The largest absolute Gasteiger partial charge is 0.366 e. The molecule has 9 aromatic rings. The van der Waals surface area contributed by atoms with Crippen molar-refractivity contribution in [1.29, 1.82) is 0 Å². The summed E-state index contributed by atoms with van der Waals surface area (Å²) in [7, 11) is 0. The molecule has 47 heavy (non-hydrogen) atoms. The summed E-state index contributed by atoms with van der Waals surface area (Å²) < 4.78 is 2.43. The number of hydrogen-bond acceptors (Lipinski definition) is 2. The monoisotopic (exact) mass is 601 g/mol. The van der Waals surface area contributed by atoms with Gasteiger partial charge < -0.3 is 9.88 Å². The summed E-state index contributed by atoms with van der Waals surface area (Å²) in [6.07, 6.45) is -0.0473. The third-order valence-corrected chi connectivity index (χ3v) is 10.1. The molecule has 0 bridgehead atoms. The van der Waals surface area contributed by atoms with Crippen LogP contribution in [-0.4, -0.2) is 4.57 Å². The molecular formula is C44H31N3. The van der Waals surface area contributed by atoms with Crippen molar-refractivity contribution in [2.75, 3.05) is 5.32 Å². The lowest BCUT2D eigenvalue weighted by Gasteiger charge is -2.36. The minimum Gasteiger partial charge on any atom is -0.366 e. The number of nitrogens with one attached hydrogen (secondary N) is 2. The molecule has 0 radical (unpaired) electrons. The highest BCUT2D eigenvalue weighted by Crippen LogP contribution is 2.42. The maximum Gasteiger partial charge on any atom is 0.104 e. The molecular weight excluding hydrogens is 571 g/mol. The van der Waals surface area contributed by atoms with Gasteiger partial charge in [0.05, 0.1) is 17.1 Å². The Morgan fingerprint density at radius 3 is 1.64 bits per heavy atom. The second-order valence-electron chi connectivity index (χ2n) is 12.6. The second-order valence-corrected chi connectivity index (χ2v) is 12.6. The van der Waals surface area contributed by atoms with Gasteiger partial charge in [-0.2, -0.15) is 0 Å². The van der Waals surface area contributed by atoms with Crippen molar-refractivity contribution in [3.05, 3.63) is 180 Å². The highest BCUT2D eigenvalue weighted by molar-refractivity contribution is 6.28. The van der Waals surface area contributed by atoms with Crippen molar-refractivity contribution in [2.24, 2.45) is 0 Å². The molecule has 1 aliphatic heterocycles. The van der Waals surface area contributed by atoms with E-state index in [9.17, 15) is 0 Å². The smallest absolute Gasteiger partial charge is 0.104 e. The van der Waals surface area contributed by atoms with Crippen molar-refractivity contribution in [2.45, 2.75) is 12.2 Å². The first-order valence-corrected chi connectivity index (χ1v) is 16.3. The van der Waals surface area contributed by atoms with Crippen LogP contribution in [-0.2, 0) is 0 Å². The van der Waals surface area contributed by atoms with Crippen LogP contribution in [0.5, 0.6) is 0 Å². The van der Waals surface area contributed by atoms with Gasteiger partial charge in [0.25, 0.3) is 0 Å². The Bertz CT molecular complexity index is 2550. The van der Waals surface area contributed by atoms with E-state index in [4.69, 9.17) is 0 Å². The molecule has 1 aromatic heterocycles. The predicted octanol–water partition coefficient (Wildman–Crippen LogP) is 11.0. The van der Waals surface area contributed by atoms with Crippen LogP contribution in [0.1, 0.15) is 28.9 Å². The van der Waals surface area contributed by atoms with Gasteiger partial charge in [-0.1, -0.05) is 133 Å². The number of fused-ring (bicyclic) bond motifs is 9. The highest BCUT2D eigenvalue weighted by Gasteiger charge is 2.29. The van der Waals surface area contributed by atoms with Crippen LogP contribution in [0.2, 0.25) is 0 Å². The lowest BCUT2D eigenvalue weighted by atomic mass is 9.90. The SMILES string of the molecule is c1ccc2c(c1)NC(c1ccc(-n3c4ccc5ccccc5c4c4c5ccccc5ccc43)cc1)NC2c1cccc2ccccc12. The standard InChI is InChI=1S/C44H31N3/c1-4-14-33-28(10-1)13-9-18-36(33)43-37-17-7-8-19-38(37)45-44(46-43)31-20-24-32(25-21-31)47-39-26-22-29-11-2-5-15-34(29)41(39)42-35-16-6-3-12-30(35)23-27-40(42)47/h1-27,43-46H. The van der Waals surface area contributed by atoms with Gasteiger partial charge in [-0.25, -0.2) is 0 Å². The van der Waals surface area contributed by atoms with Crippen LogP contribution in [0.25, 0.3) is 59.8 Å². The zero-order chi connectivity index (χ0) is 30.9. The van der Waals surface area contributed by atoms with Crippen LogP contribution in [0.3, 0.4) is 0 Å². The maximum absolute atomic E-state index is 3.97. The molecule has 3 nitrogen and oxygen atoms in total. The molecule has 0 amide bonds. The van der Waals surface area contributed by atoms with Crippen LogP contribution in [0.15, 0.2) is 164 Å². The molecule has 2 atom stereocenters. The van der Waals surface area contributed by atoms with E-state index in [2.05, 4.69) is 179 Å². The Morgan fingerprint density at radius 2 is 0.957 bits per heavy atom. The zero-order valence-corrected chi connectivity index (χ0v) is 25.7. The van der Waals surface area contributed by atoms with Gasteiger partial charge in [0.15, 0.2) is 0 Å². The van der Waals surface area contributed by atoms with Crippen molar-refractivity contribution in [1.82, 2.24) is 9.88 Å². The van der Waals surface area contributed by atoms with Crippen LogP contribution in [0.4, 0.5) is 5.69 Å². The van der Waals surface area contributed by atoms with E-state index in [1.807, 2.05) is 0 Å². The minimum absolute atomic E-state index is 0.0473. The van der Waals surface area contributed by atoms with Gasteiger partial charge in [-0.15, -0.1) is 0 Å². The first-order chi connectivity index (χ1) is 23.3. The molecule has 8 aromatic carbocycles. The first kappa shape index (κ1) is 26.3. The molecule has 2 N–H and O–H groups in total. The lowest BCUT2D eigenvalue weighted by Crippen LogP contribution is -2.37. The maximum atomic E-state index is 3.97. The number of rotatable bonds is 3. The predicted molar refractivity (Wildman–Crippen MR) is 198 cm³/mol. The topological polar surface area (TPSA) is 29.0 Å². The van der Waals surface area contributed by atoms with E-state index in [1.54, 1.807) is 0 Å². The van der Waals surface area contributed by atoms with E-state index in [0.717, 1.165) is 5.69 Å². The Labute approximate surface area is 272 Å². The van der Waals surface area contributed by atoms with Gasteiger partial charge in [-0.05, 0) is 79.3 Å². The molecule has 0 saturated heterocycles. The van der Waals surface area contributed by atoms with E-state index in [1.165, 1.54) is 76.5 Å². The number of benzene rings is 8. The molecule has 10 rings (SSSR count). The third kappa shape index (κ3) is 4.04. The number of hydrogen-bond donors (Lipinski definition) is 2. The number of para-hydroxylation sites is 1. The number of nitrogens with zero attached hydrogens (tertiary/aromatic N) is 1. The fourth-order valence-electron chi connectivity index (χ4n) is 7.91. The van der Waals surface area contributed by atoms with E-state index in [0.29, 0.717) is 0 Å². The number of aromatic nitrogens is 1. The molecule has 222 valence electrons. The quantitative estimate of drug-likeness (QED) is 0.211. The van der Waals surface area contributed by atoms with Crippen molar-refractivity contribution >= 4 is 59.8 Å². The van der Waals surface area contributed by atoms with Gasteiger partial charge in [0.1, 0.15) is 6.17 Å². The first-order valence-electron chi connectivity index (χ1n) is 16.3. The fraction of sp³-hybridized carbons (Fsp3) is 0.0455. The van der Waals surface area contributed by atoms with Crippen LogP contribution >= 0.6 is 0 Å². The molecule has 2 heterocycles. The summed E-state index contributed by atoms with van der Waals surface area (Å²) in [6, 6.07) is 59.7. The molecule has 0 aliphatic carbocycles. The zero-order valence-electron chi connectivity index (χ0n) is 25.7. The fourth-order valence-corrected chi connectivity index (χ4v) is 7.91. The van der Waals surface area contributed by atoms with E-state index >= 15 is 0 Å². The lowest BCUT2D eigenvalue weighted by molar-refractivity contribution is 0.508. The average Bonchev–Trinajstić information content (AvgIpc) is 3.50. The Hall–Kier alpha value is -5.90. The van der Waals surface area contributed by atoms with E-state index in [-0.39, 0.29) is 12.2 Å². The Balaban J connectivity index is 1.11. The van der Waals surface area contributed by atoms with Gasteiger partial charge >= 0.3 is 0 Å². The summed E-state index contributed by atoms with van der Waals surface area (Å²) in [5, 5.41) is 18.0. The average molecular weight is 602 g/mol. The van der Waals surface area contributed by atoms with Gasteiger partial charge in [0.2, 0.25) is 0 Å². The van der Waals surface area contributed by atoms with Gasteiger partial charge in [-0.3, -0.25) is 5.32 Å². The summed E-state index contributed by atoms with van der Waals surface area (Å²) in [4.78, 5) is 0. The normalized spacial score (nSPS) is 16.2. The molecule has 1 aliphatic rings. The molecule has 2 unspecified atom stereocenters. The number of anilines is 1. The molecule has 0 saturated carbocycles. The van der Waals surface area contributed by atoms with Crippen molar-refractivity contribution < 1.29 is 0 Å². The summed E-state index contributed by atoms with van der Waals surface area (Å²) in [5.74, 6) is 0. The Morgan fingerprint density at radius 1 is 0.426 bits per heavy atom. The third-order valence-electron chi connectivity index (χ3n) is 10.1. The molecule has 0 spiro atoms. The summed E-state index contributed by atoms with van der Waals surface area (Å²) >= 11 is 0. The molecule has 3 heteroatoms. The second kappa shape index (κ2) is 10.3. The summed E-state index contributed by atoms with van der Waals surface area (Å²) in [6.45, 7) is 0. The van der Waals surface area contributed by atoms with Crippen LogP contribution < -0.4 is 10.6 Å². The van der Waals surface area contributed by atoms with E-state index < -0.39 is 0 Å². The summed E-state index contributed by atoms with van der Waals surface area (Å²) in [5.41, 5.74) is 8.53. The minimum atomic E-state index is -0.0473. The van der Waals surface area contributed by atoms with Crippen molar-refractivity contribution in [3.8, 4) is 5.69 Å². The van der Waals surface area contributed by atoms with Gasteiger partial charge in [0, 0.05) is 22.1 Å². The molecule has 0 fully saturated rings. The highest BCUT2D eigenvalue weighted by atomic mass is 15.2. The van der Waals surface area contributed by atoms with Crippen molar-refractivity contribution in [3.63, 3.8) is 0 Å². The Kier molecular flexibility index (Phi) is 5.78. The van der Waals surface area contributed by atoms with Crippen LogP contribution in [0, 0.1) is 0 Å².